The third-order valence-corrected chi connectivity index (χ3v) is 4.39. The second kappa shape index (κ2) is 5.27. The van der Waals surface area contributed by atoms with E-state index in [0.717, 1.165) is 36.0 Å². The van der Waals surface area contributed by atoms with Crippen LogP contribution in [0.4, 0.5) is 0 Å². The maximum Gasteiger partial charge on any atom is 0.209 e. The van der Waals surface area contributed by atoms with Crippen LogP contribution >= 0.6 is 11.3 Å². The van der Waals surface area contributed by atoms with E-state index < -0.39 is 0 Å². The van der Waals surface area contributed by atoms with Crippen molar-refractivity contribution in [3.05, 3.63) is 23.2 Å². The minimum atomic E-state index is -0.194. The zero-order chi connectivity index (χ0) is 13.2. The van der Waals surface area contributed by atoms with E-state index in [9.17, 15) is 4.79 Å². The summed E-state index contributed by atoms with van der Waals surface area (Å²) >= 11 is 1.43. The summed E-state index contributed by atoms with van der Waals surface area (Å²) in [4.78, 5) is 16.8. The number of thiazole rings is 1. The third-order valence-electron chi connectivity index (χ3n) is 3.35. The van der Waals surface area contributed by atoms with Crippen LogP contribution in [0.1, 0.15) is 29.1 Å². The molecule has 1 aromatic carbocycles. The highest BCUT2D eigenvalue weighted by molar-refractivity contribution is 7.20. The van der Waals surface area contributed by atoms with Crippen LogP contribution in [0.25, 0.3) is 10.2 Å². The average molecular weight is 275 g/mol. The van der Waals surface area contributed by atoms with Gasteiger partial charge in [0.2, 0.25) is 5.78 Å². The predicted molar refractivity (Wildman–Crippen MR) is 75.1 cm³/mol. The molecule has 1 aromatic heterocycles. The largest absolute Gasteiger partial charge is 0.494 e. The molecule has 0 bridgehead atoms. The number of ether oxygens (including phenoxy) is 1. The maximum absolute atomic E-state index is 12.4. The quantitative estimate of drug-likeness (QED) is 0.809. The normalized spacial score (nSPS) is 19.5. The van der Waals surface area contributed by atoms with E-state index in [-0.39, 0.29) is 11.8 Å². The zero-order valence-electron chi connectivity index (χ0n) is 10.8. The van der Waals surface area contributed by atoms with Crippen molar-refractivity contribution in [3.8, 4) is 5.75 Å². The summed E-state index contributed by atoms with van der Waals surface area (Å²) in [6.45, 7) is 0.796. The number of para-hydroxylation sites is 1. The molecule has 5 heteroatoms. The number of carbonyl (C=O) groups is 1. The van der Waals surface area contributed by atoms with Gasteiger partial charge in [-0.05, 0) is 25.0 Å². The Balaban J connectivity index is 1.94. The van der Waals surface area contributed by atoms with Gasteiger partial charge in [0.05, 0.1) is 17.9 Å². The van der Waals surface area contributed by atoms with Crippen molar-refractivity contribution in [2.45, 2.75) is 25.3 Å². The maximum atomic E-state index is 12.4. The van der Waals surface area contributed by atoms with Crippen LogP contribution in [0.3, 0.4) is 0 Å². The lowest BCUT2D eigenvalue weighted by Crippen LogP contribution is -2.35. The van der Waals surface area contributed by atoms with Crippen LogP contribution < -0.4 is 10.1 Å². The lowest BCUT2D eigenvalue weighted by atomic mass is 10.0. The fourth-order valence-electron chi connectivity index (χ4n) is 2.34. The third kappa shape index (κ3) is 2.35. The van der Waals surface area contributed by atoms with Crippen molar-refractivity contribution in [1.29, 1.82) is 0 Å². The van der Waals surface area contributed by atoms with E-state index in [1.807, 2.05) is 18.2 Å². The highest BCUT2D eigenvalue weighted by Gasteiger charge is 2.26. The lowest BCUT2D eigenvalue weighted by molar-refractivity contribution is 0.0924. The van der Waals surface area contributed by atoms with Crippen LogP contribution in [0.2, 0.25) is 0 Å². The standard InChI is InChI=1S/C14H15N2O2S/c1-18-10-6-4-7-11-12(10)16-14(19-11)13(17)9-5-2-3-8-15-9/h4,6-7,9H,2-3,5,8H2,1H3. The number of piperidine rings is 1. The van der Waals surface area contributed by atoms with Gasteiger partial charge in [0, 0.05) is 6.54 Å². The number of nitrogens with zero attached hydrogens (tertiary/aromatic N) is 2. The van der Waals surface area contributed by atoms with Crippen molar-refractivity contribution < 1.29 is 9.53 Å². The van der Waals surface area contributed by atoms with Crippen LogP contribution in [0.5, 0.6) is 5.75 Å². The van der Waals surface area contributed by atoms with Gasteiger partial charge in [-0.2, -0.15) is 0 Å². The number of benzene rings is 1. The first-order valence-corrected chi connectivity index (χ1v) is 7.25. The van der Waals surface area contributed by atoms with E-state index in [4.69, 9.17) is 4.74 Å². The Bertz CT molecular complexity index is 603. The van der Waals surface area contributed by atoms with Gasteiger partial charge < -0.3 is 4.74 Å². The van der Waals surface area contributed by atoms with Gasteiger partial charge in [0.15, 0.2) is 5.01 Å². The number of hydrogen-bond donors (Lipinski definition) is 0. The molecule has 4 nitrogen and oxygen atoms in total. The first kappa shape index (κ1) is 12.6. The Morgan fingerprint density at radius 3 is 3.05 bits per heavy atom. The molecule has 0 aliphatic carbocycles. The smallest absolute Gasteiger partial charge is 0.209 e. The number of aromatic nitrogens is 1. The topological polar surface area (TPSA) is 53.3 Å². The van der Waals surface area contributed by atoms with Crippen molar-refractivity contribution >= 4 is 27.3 Å². The van der Waals surface area contributed by atoms with Crippen LogP contribution in [0, 0.1) is 0 Å². The van der Waals surface area contributed by atoms with Gasteiger partial charge >= 0.3 is 0 Å². The van der Waals surface area contributed by atoms with Gasteiger partial charge in [-0.25, -0.2) is 10.3 Å². The van der Waals surface area contributed by atoms with Crippen molar-refractivity contribution in [2.75, 3.05) is 13.7 Å². The number of rotatable bonds is 3. The molecular weight excluding hydrogens is 260 g/mol. The van der Waals surface area contributed by atoms with Crippen molar-refractivity contribution in [1.82, 2.24) is 10.3 Å². The van der Waals surface area contributed by atoms with Crippen LogP contribution in [-0.4, -0.2) is 30.5 Å². The minimum absolute atomic E-state index is 0.0583. The number of carbonyl (C=O) groups excluding carboxylic acids is 1. The second-order valence-electron chi connectivity index (χ2n) is 4.61. The van der Waals surface area contributed by atoms with Crippen molar-refractivity contribution in [2.24, 2.45) is 0 Å². The summed E-state index contributed by atoms with van der Waals surface area (Å²) in [5.41, 5.74) is 0.772. The van der Waals surface area contributed by atoms with E-state index in [0.29, 0.717) is 10.8 Å². The first-order chi connectivity index (χ1) is 9.29. The second-order valence-corrected chi connectivity index (χ2v) is 5.64. The molecule has 0 amide bonds. The van der Waals surface area contributed by atoms with Gasteiger partial charge in [0.1, 0.15) is 11.3 Å². The monoisotopic (exact) mass is 275 g/mol. The number of hydrogen-bond acceptors (Lipinski definition) is 4. The lowest BCUT2D eigenvalue weighted by Gasteiger charge is -2.18. The zero-order valence-corrected chi connectivity index (χ0v) is 11.6. The molecule has 1 radical (unpaired) electrons. The summed E-state index contributed by atoms with van der Waals surface area (Å²) in [7, 11) is 1.62. The predicted octanol–water partition coefficient (Wildman–Crippen LogP) is 2.64. The molecule has 99 valence electrons. The number of methoxy groups -OCH3 is 1. The summed E-state index contributed by atoms with van der Waals surface area (Å²) < 4.78 is 6.26. The van der Waals surface area contributed by atoms with Gasteiger partial charge in [-0.15, -0.1) is 11.3 Å². The molecule has 2 aromatic rings. The molecule has 19 heavy (non-hydrogen) atoms. The molecule has 3 rings (SSSR count). The minimum Gasteiger partial charge on any atom is -0.494 e. The Kier molecular flexibility index (Phi) is 3.48. The van der Waals surface area contributed by atoms with Crippen LogP contribution in [0.15, 0.2) is 18.2 Å². The fourth-order valence-corrected chi connectivity index (χ4v) is 3.31. The molecule has 0 spiro atoms. The number of ketones is 1. The first-order valence-electron chi connectivity index (χ1n) is 6.44. The molecular formula is C14H15N2O2S. The van der Waals surface area contributed by atoms with Crippen LogP contribution in [-0.2, 0) is 0 Å². The van der Waals surface area contributed by atoms with E-state index in [2.05, 4.69) is 10.3 Å². The fraction of sp³-hybridized carbons (Fsp3) is 0.429. The highest BCUT2D eigenvalue weighted by atomic mass is 32.1. The van der Waals surface area contributed by atoms with E-state index in [1.165, 1.54) is 11.3 Å². The molecule has 1 fully saturated rings. The number of fused-ring (bicyclic) bond motifs is 1. The Labute approximate surface area is 115 Å². The molecule has 1 aliphatic rings. The molecule has 0 N–H and O–H groups in total. The van der Waals surface area contributed by atoms with Gasteiger partial charge in [0.25, 0.3) is 0 Å². The molecule has 2 heterocycles. The summed E-state index contributed by atoms with van der Waals surface area (Å²) in [6.07, 6.45) is 3.03. The average Bonchev–Trinajstić information content (AvgIpc) is 2.91. The molecule has 1 atom stereocenters. The Hall–Kier alpha value is -1.46. The Morgan fingerprint density at radius 1 is 1.42 bits per heavy atom. The molecule has 0 saturated carbocycles. The van der Waals surface area contributed by atoms with Gasteiger partial charge in [-0.1, -0.05) is 12.5 Å². The van der Waals surface area contributed by atoms with Crippen molar-refractivity contribution in [3.63, 3.8) is 0 Å². The molecule has 1 unspecified atom stereocenters. The molecule has 1 saturated heterocycles. The van der Waals surface area contributed by atoms with Gasteiger partial charge in [-0.3, -0.25) is 4.79 Å². The summed E-state index contributed by atoms with van der Waals surface area (Å²) in [6, 6.07) is 5.55. The molecule has 1 aliphatic heterocycles. The highest BCUT2D eigenvalue weighted by Crippen LogP contribution is 2.30. The summed E-state index contributed by atoms with van der Waals surface area (Å²) in [5.74, 6) is 0.774. The summed E-state index contributed by atoms with van der Waals surface area (Å²) in [5, 5.41) is 4.96. The number of Topliss-reactive ketones (excluding diaryl/α,β-unsaturated/α-hetero) is 1. The van der Waals surface area contributed by atoms with E-state index >= 15 is 0 Å². The van der Waals surface area contributed by atoms with E-state index in [1.54, 1.807) is 7.11 Å². The Morgan fingerprint density at radius 2 is 2.32 bits per heavy atom. The SMILES string of the molecule is COc1cccc2sc(C(=O)C3CCCC[N]3)nc12.